The van der Waals surface area contributed by atoms with Crippen molar-refractivity contribution in [2.24, 2.45) is 0 Å². The Hall–Kier alpha value is -0.980. The van der Waals surface area contributed by atoms with Gasteiger partial charge in [-0.05, 0) is 58.7 Å². The standard InChI is InChI=1S/C13H11BrO3S2/c1-8-7-11(18-13(8)14)12(15)9-3-5-10(6-4-9)19(2,16)17/h3-7H,1-2H3. The maximum atomic E-state index is 12.2. The zero-order valence-corrected chi connectivity index (χ0v) is 13.5. The third kappa shape index (κ3) is 3.13. The molecule has 0 aliphatic rings. The predicted octanol–water partition coefficient (Wildman–Crippen LogP) is 3.45. The van der Waals surface area contributed by atoms with Crippen molar-refractivity contribution < 1.29 is 13.2 Å². The lowest BCUT2D eigenvalue weighted by atomic mass is 10.1. The van der Waals surface area contributed by atoms with Crippen molar-refractivity contribution >= 4 is 42.9 Å². The number of carbonyl (C=O) groups is 1. The van der Waals surface area contributed by atoms with Gasteiger partial charge in [0.2, 0.25) is 5.78 Å². The average molecular weight is 359 g/mol. The van der Waals surface area contributed by atoms with Gasteiger partial charge in [-0.15, -0.1) is 11.3 Å². The van der Waals surface area contributed by atoms with Crippen LogP contribution in [0, 0.1) is 6.92 Å². The number of halogens is 1. The van der Waals surface area contributed by atoms with Gasteiger partial charge in [0, 0.05) is 11.8 Å². The molecule has 100 valence electrons. The molecule has 19 heavy (non-hydrogen) atoms. The van der Waals surface area contributed by atoms with E-state index < -0.39 is 9.84 Å². The number of aryl methyl sites for hydroxylation is 1. The summed E-state index contributed by atoms with van der Waals surface area (Å²) in [5.74, 6) is -0.0983. The van der Waals surface area contributed by atoms with E-state index >= 15 is 0 Å². The van der Waals surface area contributed by atoms with Crippen LogP contribution in [0.15, 0.2) is 39.0 Å². The number of sulfone groups is 1. The summed E-state index contributed by atoms with van der Waals surface area (Å²) in [5.41, 5.74) is 1.50. The van der Waals surface area contributed by atoms with E-state index in [0.29, 0.717) is 10.4 Å². The lowest BCUT2D eigenvalue weighted by Gasteiger charge is -2.00. The first-order chi connectivity index (χ1) is 8.79. The van der Waals surface area contributed by atoms with E-state index in [4.69, 9.17) is 0 Å². The molecular formula is C13H11BrO3S2. The molecule has 2 aromatic rings. The van der Waals surface area contributed by atoms with Gasteiger partial charge >= 0.3 is 0 Å². The topological polar surface area (TPSA) is 51.2 Å². The van der Waals surface area contributed by atoms with E-state index in [1.165, 1.54) is 23.5 Å². The zero-order chi connectivity index (χ0) is 14.2. The minimum Gasteiger partial charge on any atom is -0.288 e. The van der Waals surface area contributed by atoms with Crippen molar-refractivity contribution in [3.63, 3.8) is 0 Å². The molecular weight excluding hydrogens is 348 g/mol. The van der Waals surface area contributed by atoms with E-state index in [-0.39, 0.29) is 10.7 Å². The Morgan fingerprint density at radius 2 is 1.79 bits per heavy atom. The van der Waals surface area contributed by atoms with E-state index in [1.807, 2.05) is 13.0 Å². The van der Waals surface area contributed by atoms with Crippen LogP contribution in [0.4, 0.5) is 0 Å². The second-order valence-electron chi connectivity index (χ2n) is 4.19. The molecule has 0 bridgehead atoms. The van der Waals surface area contributed by atoms with Crippen molar-refractivity contribution in [2.75, 3.05) is 6.26 Å². The van der Waals surface area contributed by atoms with E-state index in [2.05, 4.69) is 15.9 Å². The summed E-state index contributed by atoms with van der Waals surface area (Å²) in [6, 6.07) is 7.82. The number of carbonyl (C=O) groups excluding carboxylic acids is 1. The molecule has 0 radical (unpaired) electrons. The number of benzene rings is 1. The highest BCUT2D eigenvalue weighted by Gasteiger charge is 2.14. The van der Waals surface area contributed by atoms with Crippen LogP contribution in [0.1, 0.15) is 20.8 Å². The van der Waals surface area contributed by atoms with Crippen LogP contribution < -0.4 is 0 Å². The van der Waals surface area contributed by atoms with Gasteiger partial charge in [-0.25, -0.2) is 8.42 Å². The van der Waals surface area contributed by atoms with E-state index in [0.717, 1.165) is 15.6 Å². The molecule has 0 aliphatic carbocycles. The summed E-state index contributed by atoms with van der Waals surface area (Å²) in [5, 5.41) is 0. The summed E-state index contributed by atoms with van der Waals surface area (Å²) in [6.45, 7) is 1.92. The van der Waals surface area contributed by atoms with Gasteiger partial charge in [0.1, 0.15) is 0 Å². The van der Waals surface area contributed by atoms with Crippen LogP contribution in [0.3, 0.4) is 0 Å². The lowest BCUT2D eigenvalue weighted by Crippen LogP contribution is -2.01. The molecule has 6 heteroatoms. The normalized spacial score (nSPS) is 11.5. The Morgan fingerprint density at radius 1 is 1.21 bits per heavy atom. The predicted molar refractivity (Wildman–Crippen MR) is 79.7 cm³/mol. The monoisotopic (exact) mass is 358 g/mol. The third-order valence-electron chi connectivity index (χ3n) is 2.63. The number of hydrogen-bond acceptors (Lipinski definition) is 4. The quantitative estimate of drug-likeness (QED) is 0.789. The molecule has 2 rings (SSSR count). The van der Waals surface area contributed by atoms with E-state index in [9.17, 15) is 13.2 Å². The fraction of sp³-hybridized carbons (Fsp3) is 0.154. The maximum absolute atomic E-state index is 12.2. The lowest BCUT2D eigenvalue weighted by molar-refractivity contribution is 0.104. The molecule has 0 saturated carbocycles. The van der Waals surface area contributed by atoms with Crippen LogP contribution in [0.5, 0.6) is 0 Å². The van der Waals surface area contributed by atoms with E-state index in [1.54, 1.807) is 12.1 Å². The fourth-order valence-corrected chi connectivity index (χ4v) is 3.69. The molecule has 0 unspecified atom stereocenters. The van der Waals surface area contributed by atoms with Crippen molar-refractivity contribution in [2.45, 2.75) is 11.8 Å². The summed E-state index contributed by atoms with van der Waals surface area (Å²) >= 11 is 4.76. The van der Waals surface area contributed by atoms with Crippen molar-refractivity contribution in [3.8, 4) is 0 Å². The Kier molecular flexibility index (Phi) is 3.94. The number of hydrogen-bond donors (Lipinski definition) is 0. The van der Waals surface area contributed by atoms with Gasteiger partial charge < -0.3 is 0 Å². The molecule has 1 heterocycles. The molecule has 0 N–H and O–H groups in total. The number of ketones is 1. The summed E-state index contributed by atoms with van der Waals surface area (Å²) < 4.78 is 23.6. The van der Waals surface area contributed by atoms with Crippen LogP contribution in [0.25, 0.3) is 0 Å². The molecule has 0 saturated heterocycles. The van der Waals surface area contributed by atoms with Crippen molar-refractivity contribution in [3.05, 3.63) is 50.1 Å². The third-order valence-corrected chi connectivity index (χ3v) is 5.89. The number of thiophene rings is 1. The molecule has 1 aromatic heterocycles. The first-order valence-electron chi connectivity index (χ1n) is 5.40. The second-order valence-corrected chi connectivity index (χ2v) is 8.58. The smallest absolute Gasteiger partial charge is 0.202 e. The highest BCUT2D eigenvalue weighted by Crippen LogP contribution is 2.29. The minimum absolute atomic E-state index is 0.0983. The van der Waals surface area contributed by atoms with Gasteiger partial charge in [0.05, 0.1) is 13.6 Å². The van der Waals surface area contributed by atoms with Gasteiger partial charge in [-0.3, -0.25) is 4.79 Å². The second kappa shape index (κ2) is 5.19. The largest absolute Gasteiger partial charge is 0.288 e. The van der Waals surface area contributed by atoms with Crippen LogP contribution in [-0.4, -0.2) is 20.5 Å². The molecule has 0 spiro atoms. The fourth-order valence-electron chi connectivity index (χ4n) is 1.57. The molecule has 0 amide bonds. The maximum Gasteiger partial charge on any atom is 0.202 e. The van der Waals surface area contributed by atoms with Crippen LogP contribution in [-0.2, 0) is 9.84 Å². The SMILES string of the molecule is Cc1cc(C(=O)c2ccc(S(C)(=O)=O)cc2)sc1Br. The molecule has 0 atom stereocenters. The molecule has 3 nitrogen and oxygen atoms in total. The summed E-state index contributed by atoms with van der Waals surface area (Å²) in [6.07, 6.45) is 1.14. The molecule has 0 aliphatic heterocycles. The van der Waals surface area contributed by atoms with Gasteiger partial charge in [-0.1, -0.05) is 0 Å². The van der Waals surface area contributed by atoms with Gasteiger partial charge in [0.15, 0.2) is 9.84 Å². The first-order valence-corrected chi connectivity index (χ1v) is 8.90. The molecule has 0 fully saturated rings. The first kappa shape index (κ1) is 14.4. The minimum atomic E-state index is -3.23. The highest BCUT2D eigenvalue weighted by atomic mass is 79.9. The summed E-state index contributed by atoms with van der Waals surface area (Å²) in [4.78, 5) is 13.1. The van der Waals surface area contributed by atoms with Gasteiger partial charge in [-0.2, -0.15) is 0 Å². The summed E-state index contributed by atoms with van der Waals surface area (Å²) in [7, 11) is -3.23. The number of rotatable bonds is 3. The van der Waals surface area contributed by atoms with Crippen molar-refractivity contribution in [1.29, 1.82) is 0 Å². The van der Waals surface area contributed by atoms with Crippen LogP contribution in [0.2, 0.25) is 0 Å². The Balaban J connectivity index is 2.35. The highest BCUT2D eigenvalue weighted by molar-refractivity contribution is 9.11. The Labute approximate surface area is 124 Å². The van der Waals surface area contributed by atoms with Crippen LogP contribution >= 0.6 is 27.3 Å². The Bertz CT molecular complexity index is 708. The van der Waals surface area contributed by atoms with Gasteiger partial charge in [0.25, 0.3) is 0 Å². The zero-order valence-electron chi connectivity index (χ0n) is 10.3. The molecule has 1 aromatic carbocycles. The Morgan fingerprint density at radius 3 is 2.21 bits per heavy atom. The average Bonchev–Trinajstić information content (AvgIpc) is 2.68. The van der Waals surface area contributed by atoms with Crippen molar-refractivity contribution in [1.82, 2.24) is 0 Å².